The maximum absolute atomic E-state index is 6.11. The summed E-state index contributed by atoms with van der Waals surface area (Å²) in [5, 5.41) is 0. The number of benzene rings is 1. The van der Waals surface area contributed by atoms with E-state index in [2.05, 4.69) is 13.1 Å². The van der Waals surface area contributed by atoms with Gasteiger partial charge in [-0.15, -0.1) is 6.58 Å². The van der Waals surface area contributed by atoms with Crippen LogP contribution in [0.4, 0.5) is 0 Å². The Balaban J connectivity index is 2.66. The van der Waals surface area contributed by atoms with Crippen LogP contribution in [0.5, 0.6) is 5.75 Å². The SMILES string of the molecule is C=CCC[Si](C)(COC)Oc1ccccc1. The molecule has 0 aliphatic carbocycles. The average molecular weight is 236 g/mol. The zero-order valence-corrected chi connectivity index (χ0v) is 11.1. The molecule has 16 heavy (non-hydrogen) atoms. The van der Waals surface area contributed by atoms with Crippen LogP contribution in [0.25, 0.3) is 0 Å². The quantitative estimate of drug-likeness (QED) is 0.533. The van der Waals surface area contributed by atoms with Crippen molar-refractivity contribution in [3.05, 3.63) is 43.0 Å². The normalized spacial score (nSPS) is 14.1. The van der Waals surface area contributed by atoms with Gasteiger partial charge in [0, 0.05) is 7.11 Å². The highest BCUT2D eigenvalue weighted by atomic mass is 28.4. The van der Waals surface area contributed by atoms with E-state index in [0.29, 0.717) is 0 Å². The third-order valence-corrected chi connectivity index (χ3v) is 5.41. The maximum Gasteiger partial charge on any atom is 0.273 e. The number of ether oxygens (including phenoxy) is 1. The second-order valence-corrected chi connectivity index (χ2v) is 8.02. The third-order valence-electron chi connectivity index (χ3n) is 2.43. The van der Waals surface area contributed by atoms with Crippen LogP contribution in [0.2, 0.25) is 12.6 Å². The van der Waals surface area contributed by atoms with Crippen molar-refractivity contribution in [3.63, 3.8) is 0 Å². The third kappa shape index (κ3) is 4.21. The summed E-state index contributed by atoms with van der Waals surface area (Å²) in [6, 6.07) is 11.0. The Morgan fingerprint density at radius 1 is 1.31 bits per heavy atom. The minimum absolute atomic E-state index is 0.718. The highest BCUT2D eigenvalue weighted by Crippen LogP contribution is 2.20. The second-order valence-electron chi connectivity index (χ2n) is 4.13. The van der Waals surface area contributed by atoms with E-state index in [4.69, 9.17) is 9.16 Å². The molecule has 0 heterocycles. The molecular formula is C13H20O2Si. The van der Waals surface area contributed by atoms with Crippen molar-refractivity contribution in [2.45, 2.75) is 19.0 Å². The molecule has 0 saturated heterocycles. The van der Waals surface area contributed by atoms with Crippen molar-refractivity contribution in [1.82, 2.24) is 0 Å². The molecule has 0 fully saturated rings. The van der Waals surface area contributed by atoms with E-state index in [0.717, 1.165) is 24.4 Å². The van der Waals surface area contributed by atoms with E-state index < -0.39 is 8.32 Å². The lowest BCUT2D eigenvalue weighted by Gasteiger charge is -2.27. The van der Waals surface area contributed by atoms with Crippen molar-refractivity contribution in [2.75, 3.05) is 13.3 Å². The number of rotatable bonds is 7. The predicted octanol–water partition coefficient (Wildman–Crippen LogP) is 3.40. The highest BCUT2D eigenvalue weighted by Gasteiger charge is 2.30. The van der Waals surface area contributed by atoms with Gasteiger partial charge in [-0.2, -0.15) is 0 Å². The largest absolute Gasteiger partial charge is 0.541 e. The molecule has 0 spiro atoms. The summed E-state index contributed by atoms with van der Waals surface area (Å²) in [7, 11) is -0.0750. The fraction of sp³-hybridized carbons (Fsp3) is 0.385. The molecule has 3 heteroatoms. The lowest BCUT2D eigenvalue weighted by molar-refractivity contribution is 0.232. The van der Waals surface area contributed by atoms with Gasteiger partial charge in [-0.3, -0.25) is 0 Å². The zero-order chi connectivity index (χ0) is 11.9. The smallest absolute Gasteiger partial charge is 0.273 e. The van der Waals surface area contributed by atoms with E-state index in [9.17, 15) is 0 Å². The van der Waals surface area contributed by atoms with E-state index >= 15 is 0 Å². The number of allylic oxidation sites excluding steroid dienone is 1. The zero-order valence-electron chi connectivity index (χ0n) is 10.1. The summed E-state index contributed by atoms with van der Waals surface area (Å²) in [5.74, 6) is 0.942. The van der Waals surface area contributed by atoms with Crippen LogP contribution >= 0.6 is 0 Å². The molecule has 0 bridgehead atoms. The lowest BCUT2D eigenvalue weighted by atomic mass is 10.3. The Bertz CT molecular complexity index is 313. The van der Waals surface area contributed by atoms with Crippen LogP contribution < -0.4 is 4.43 Å². The van der Waals surface area contributed by atoms with E-state index in [-0.39, 0.29) is 0 Å². The van der Waals surface area contributed by atoms with Crippen LogP contribution in [0, 0.1) is 0 Å². The van der Waals surface area contributed by atoms with Gasteiger partial charge in [-0.05, 0) is 31.1 Å². The van der Waals surface area contributed by atoms with E-state index in [1.165, 1.54) is 0 Å². The fourth-order valence-corrected chi connectivity index (χ4v) is 4.07. The summed E-state index contributed by atoms with van der Waals surface area (Å²) in [6.07, 6.45) is 3.64. The number of para-hydroxylation sites is 1. The van der Waals surface area contributed by atoms with Gasteiger partial charge in [0.2, 0.25) is 0 Å². The molecule has 0 N–H and O–H groups in total. The molecule has 88 valence electrons. The molecule has 0 aliphatic rings. The van der Waals surface area contributed by atoms with Gasteiger partial charge in [0.25, 0.3) is 8.32 Å². The molecule has 1 rings (SSSR count). The molecule has 1 unspecified atom stereocenters. The highest BCUT2D eigenvalue weighted by molar-refractivity contribution is 6.73. The first-order valence-electron chi connectivity index (χ1n) is 5.54. The molecule has 1 atom stereocenters. The minimum atomic E-state index is -1.80. The molecule has 0 saturated carbocycles. The molecule has 2 nitrogen and oxygen atoms in total. The van der Waals surface area contributed by atoms with Crippen LogP contribution in [0.15, 0.2) is 43.0 Å². The Labute approximate surface area is 99.0 Å². The van der Waals surface area contributed by atoms with Crippen LogP contribution in [0.3, 0.4) is 0 Å². The van der Waals surface area contributed by atoms with Crippen LogP contribution in [-0.2, 0) is 4.74 Å². The fourth-order valence-electron chi connectivity index (χ4n) is 1.64. The van der Waals surface area contributed by atoms with Gasteiger partial charge >= 0.3 is 0 Å². The van der Waals surface area contributed by atoms with Gasteiger partial charge in [0.05, 0.1) is 6.23 Å². The van der Waals surface area contributed by atoms with Gasteiger partial charge in [-0.25, -0.2) is 0 Å². The molecular weight excluding hydrogens is 216 g/mol. The summed E-state index contributed by atoms with van der Waals surface area (Å²) in [5.41, 5.74) is 0. The van der Waals surface area contributed by atoms with Gasteiger partial charge in [0.15, 0.2) is 0 Å². The standard InChI is InChI=1S/C13H20O2Si/c1-4-5-11-16(3,12-14-2)15-13-9-7-6-8-10-13/h4,6-10H,1,5,11-12H2,2-3H3. The minimum Gasteiger partial charge on any atom is -0.541 e. The number of hydrogen-bond donors (Lipinski definition) is 0. The molecule has 1 aromatic rings. The Morgan fingerprint density at radius 2 is 2.00 bits per heavy atom. The van der Waals surface area contributed by atoms with Gasteiger partial charge in [-0.1, -0.05) is 24.3 Å². The maximum atomic E-state index is 6.11. The molecule has 0 radical (unpaired) electrons. The van der Waals surface area contributed by atoms with E-state index in [1.807, 2.05) is 36.4 Å². The summed E-state index contributed by atoms with van der Waals surface area (Å²) >= 11 is 0. The predicted molar refractivity (Wildman–Crippen MR) is 70.2 cm³/mol. The molecule has 0 amide bonds. The second kappa shape index (κ2) is 6.50. The van der Waals surface area contributed by atoms with Crippen molar-refractivity contribution >= 4 is 8.32 Å². The van der Waals surface area contributed by atoms with Crippen molar-refractivity contribution in [1.29, 1.82) is 0 Å². The van der Waals surface area contributed by atoms with E-state index in [1.54, 1.807) is 7.11 Å². The topological polar surface area (TPSA) is 18.5 Å². The number of methoxy groups -OCH3 is 1. The molecule has 1 aromatic carbocycles. The Kier molecular flexibility index (Phi) is 5.29. The van der Waals surface area contributed by atoms with Crippen molar-refractivity contribution in [2.24, 2.45) is 0 Å². The number of hydrogen-bond acceptors (Lipinski definition) is 2. The Hall–Kier alpha value is -1.06. The Morgan fingerprint density at radius 3 is 2.56 bits per heavy atom. The summed E-state index contributed by atoms with van der Waals surface area (Å²) < 4.78 is 11.4. The summed E-state index contributed by atoms with van der Waals surface area (Å²) in [6.45, 7) is 5.96. The van der Waals surface area contributed by atoms with Crippen molar-refractivity contribution < 1.29 is 9.16 Å². The first kappa shape index (κ1) is 13.0. The van der Waals surface area contributed by atoms with Gasteiger partial charge in [0.1, 0.15) is 5.75 Å². The first-order valence-corrected chi connectivity index (χ1v) is 8.36. The van der Waals surface area contributed by atoms with Crippen molar-refractivity contribution in [3.8, 4) is 5.75 Å². The van der Waals surface area contributed by atoms with Crippen LogP contribution in [0.1, 0.15) is 6.42 Å². The van der Waals surface area contributed by atoms with Gasteiger partial charge < -0.3 is 9.16 Å². The molecule has 0 aliphatic heterocycles. The average Bonchev–Trinajstić information content (AvgIpc) is 2.28. The summed E-state index contributed by atoms with van der Waals surface area (Å²) in [4.78, 5) is 0. The van der Waals surface area contributed by atoms with Crippen LogP contribution in [-0.4, -0.2) is 21.7 Å². The monoisotopic (exact) mass is 236 g/mol. The molecule has 0 aromatic heterocycles. The first-order chi connectivity index (χ1) is 7.70. The lowest BCUT2D eigenvalue weighted by Crippen LogP contribution is -2.43.